The number of hydrogen-bond donors (Lipinski definition) is 7. The summed E-state index contributed by atoms with van der Waals surface area (Å²) in [7, 11) is 0. The number of carboxylic acid groups (broad SMARTS) is 2. The topological polar surface area (TPSA) is 263 Å². The molecule has 19 nitrogen and oxygen atoms in total. The molecule has 20 heteroatoms. The van der Waals surface area contributed by atoms with Crippen molar-refractivity contribution in [1.82, 2.24) is 35.4 Å². The Kier molecular flexibility index (Phi) is 11.6. The number of tetrazole rings is 1. The van der Waals surface area contributed by atoms with Crippen molar-refractivity contribution in [1.29, 1.82) is 0 Å². The number of aromatic carboxylic acids is 1. The summed E-state index contributed by atoms with van der Waals surface area (Å²) >= 11 is 6.15. The van der Waals surface area contributed by atoms with Gasteiger partial charge >= 0.3 is 29.8 Å². The minimum atomic E-state index is -1.29. The lowest BCUT2D eigenvalue weighted by molar-refractivity contribution is -0.145. The zero-order chi connectivity index (χ0) is 39.1. The van der Waals surface area contributed by atoms with Crippen molar-refractivity contribution in [3.05, 3.63) is 89.3 Å². The molecule has 0 aliphatic carbocycles. The van der Waals surface area contributed by atoms with Gasteiger partial charge in [0.2, 0.25) is 5.91 Å². The molecule has 1 saturated heterocycles. The Morgan fingerprint density at radius 2 is 1.64 bits per heavy atom. The van der Waals surface area contributed by atoms with Gasteiger partial charge in [0.05, 0.1) is 17.5 Å². The molecule has 1 atom stereocenters. The van der Waals surface area contributed by atoms with Gasteiger partial charge in [-0.15, -0.1) is 5.10 Å². The maximum Gasteiger partial charge on any atom is 0.352 e. The van der Waals surface area contributed by atoms with Crippen LogP contribution in [-0.2, 0) is 30.3 Å². The maximum absolute atomic E-state index is 13.7. The van der Waals surface area contributed by atoms with E-state index < -0.39 is 42.3 Å². The number of aromatic nitrogens is 5. The smallest absolute Gasteiger partial charge is 0.352 e. The van der Waals surface area contributed by atoms with E-state index in [2.05, 4.69) is 41.8 Å². The van der Waals surface area contributed by atoms with Crippen LogP contribution in [0.25, 0.3) is 16.6 Å². The highest BCUT2D eigenvalue weighted by molar-refractivity contribution is 6.40. The van der Waals surface area contributed by atoms with Gasteiger partial charge in [0.1, 0.15) is 24.7 Å². The molecule has 6 rings (SSSR count). The number of nitrogens with zero attached hydrogens (tertiary/aromatic N) is 5. The lowest BCUT2D eigenvalue weighted by atomic mass is 10.0. The molecule has 1 fully saturated rings. The third kappa shape index (κ3) is 9.77. The summed E-state index contributed by atoms with van der Waals surface area (Å²) in [5.41, 5.74) is 2.26. The van der Waals surface area contributed by atoms with Gasteiger partial charge in [-0.25, -0.2) is 14.4 Å². The third-order valence-corrected chi connectivity index (χ3v) is 8.80. The first-order valence-electron chi connectivity index (χ1n) is 16.7. The fourth-order valence-corrected chi connectivity index (χ4v) is 6.00. The molecule has 0 spiro atoms. The first kappa shape index (κ1) is 37.9. The average molecular weight is 773 g/mol. The Hall–Kier alpha value is -6.86. The van der Waals surface area contributed by atoms with Gasteiger partial charge in [-0.1, -0.05) is 23.7 Å². The molecule has 0 radical (unpaired) electrons. The van der Waals surface area contributed by atoms with Crippen LogP contribution >= 0.6 is 11.6 Å². The van der Waals surface area contributed by atoms with Gasteiger partial charge in [0, 0.05) is 46.8 Å². The molecule has 1 aliphatic rings. The fourth-order valence-electron chi connectivity index (χ4n) is 5.82. The predicted molar refractivity (Wildman–Crippen MR) is 196 cm³/mol. The lowest BCUT2D eigenvalue weighted by Gasteiger charge is -2.31. The standard InChI is InChI=1S/C35H33ClN10O9/c36-21-3-8-29(46-18-37-43-44-46)26(16-21)41-32(50)33(51)42-27(31(49)38-23-6-7-25-20(14-23)15-28(40-25)34(52)53)13-19-1-4-22(5-2-19)39-35(54)45-11-9-24(10-12-45)55-17-30(47)48/h1-8,14-16,18,24,27,40H,9-13,17H2,(H,38,49)(H,39,54)(H,41,50)(H,42,51)(H,47,48)(H,52,53). The van der Waals surface area contributed by atoms with E-state index >= 15 is 0 Å². The largest absolute Gasteiger partial charge is 0.480 e. The number of benzene rings is 3. The van der Waals surface area contributed by atoms with Gasteiger partial charge in [0.25, 0.3) is 0 Å². The third-order valence-electron chi connectivity index (χ3n) is 8.57. The molecular weight excluding hydrogens is 740 g/mol. The quantitative estimate of drug-likeness (QED) is 0.0903. The Morgan fingerprint density at radius 1 is 0.891 bits per heavy atom. The molecule has 0 bridgehead atoms. The van der Waals surface area contributed by atoms with E-state index in [-0.39, 0.29) is 35.0 Å². The van der Waals surface area contributed by atoms with Crippen LogP contribution in [0, 0.1) is 0 Å². The van der Waals surface area contributed by atoms with Crippen LogP contribution in [-0.4, -0.2) is 108 Å². The number of amides is 5. The lowest BCUT2D eigenvalue weighted by Crippen LogP contribution is -2.49. The van der Waals surface area contributed by atoms with Gasteiger partial charge in [0.15, 0.2) is 0 Å². The molecule has 284 valence electrons. The molecule has 5 aromatic rings. The molecule has 55 heavy (non-hydrogen) atoms. The summed E-state index contributed by atoms with van der Waals surface area (Å²) in [6.45, 7) is 0.368. The van der Waals surface area contributed by atoms with Crippen molar-refractivity contribution < 1.29 is 43.7 Å². The number of nitrogens with one attached hydrogen (secondary N) is 5. The number of hydrogen-bond acceptors (Lipinski definition) is 10. The molecule has 2 aromatic heterocycles. The number of urea groups is 1. The van der Waals surface area contributed by atoms with Gasteiger partial charge in [-0.2, -0.15) is 4.68 Å². The number of H-pyrrole nitrogens is 1. The van der Waals surface area contributed by atoms with Crippen LogP contribution in [0.3, 0.4) is 0 Å². The zero-order valence-electron chi connectivity index (χ0n) is 28.7. The van der Waals surface area contributed by atoms with Crippen molar-refractivity contribution >= 4 is 75.3 Å². The van der Waals surface area contributed by atoms with E-state index in [9.17, 15) is 33.9 Å². The average Bonchev–Trinajstić information content (AvgIpc) is 3.86. The highest BCUT2D eigenvalue weighted by Crippen LogP contribution is 2.25. The molecule has 3 heterocycles. The first-order valence-corrected chi connectivity index (χ1v) is 17.1. The molecule has 7 N–H and O–H groups in total. The van der Waals surface area contributed by atoms with Crippen molar-refractivity contribution in [2.24, 2.45) is 0 Å². The monoisotopic (exact) mass is 772 g/mol. The SMILES string of the molecule is O=C(O)COC1CCN(C(=O)Nc2ccc(CC(NC(=O)C(=O)Nc3cc(Cl)ccc3-n3cnnn3)C(=O)Nc3ccc4[nH]c(C(=O)O)cc4c3)cc2)CC1. The van der Waals surface area contributed by atoms with Crippen LogP contribution in [0.15, 0.2) is 73.1 Å². The van der Waals surface area contributed by atoms with Crippen molar-refractivity contribution in [2.45, 2.75) is 31.4 Å². The molecular formula is C35H33ClN10O9. The number of anilines is 3. The fraction of sp³-hybridized carbons (Fsp3) is 0.229. The maximum atomic E-state index is 13.7. The number of fused-ring (bicyclic) bond motifs is 1. The molecule has 0 saturated carbocycles. The number of piperidine rings is 1. The minimum Gasteiger partial charge on any atom is -0.480 e. The van der Waals surface area contributed by atoms with E-state index in [0.29, 0.717) is 59.5 Å². The second kappa shape index (κ2) is 16.9. The predicted octanol–water partition coefficient (Wildman–Crippen LogP) is 2.90. The van der Waals surface area contributed by atoms with Crippen LogP contribution in [0.1, 0.15) is 28.9 Å². The summed E-state index contributed by atoms with van der Waals surface area (Å²) in [5, 5.41) is 40.4. The number of halogens is 1. The zero-order valence-corrected chi connectivity index (χ0v) is 29.4. The Morgan fingerprint density at radius 3 is 2.33 bits per heavy atom. The van der Waals surface area contributed by atoms with Crippen molar-refractivity contribution in [3.63, 3.8) is 0 Å². The number of carboxylic acids is 2. The number of carbonyl (C=O) groups is 6. The highest BCUT2D eigenvalue weighted by Gasteiger charge is 2.27. The Bertz CT molecular complexity index is 2240. The number of aliphatic carboxylic acids is 1. The van der Waals surface area contributed by atoms with E-state index in [1.807, 2.05) is 0 Å². The summed E-state index contributed by atoms with van der Waals surface area (Å²) < 4.78 is 6.59. The second-order valence-electron chi connectivity index (χ2n) is 12.4. The van der Waals surface area contributed by atoms with Crippen LogP contribution in [0.4, 0.5) is 21.9 Å². The summed E-state index contributed by atoms with van der Waals surface area (Å²) in [5.74, 6) is -5.14. The normalized spacial score (nSPS) is 13.5. The van der Waals surface area contributed by atoms with Gasteiger partial charge in [-0.05, 0) is 83.4 Å². The summed E-state index contributed by atoms with van der Waals surface area (Å²) in [6, 6.07) is 15.5. The Labute approximate surface area is 316 Å². The first-order chi connectivity index (χ1) is 26.4. The van der Waals surface area contributed by atoms with Crippen LogP contribution in [0.2, 0.25) is 5.02 Å². The number of aromatic amines is 1. The van der Waals surface area contributed by atoms with Crippen molar-refractivity contribution in [2.75, 3.05) is 35.6 Å². The summed E-state index contributed by atoms with van der Waals surface area (Å²) in [4.78, 5) is 79.7. The van der Waals surface area contributed by atoms with E-state index in [4.69, 9.17) is 21.4 Å². The summed E-state index contributed by atoms with van der Waals surface area (Å²) in [6.07, 6.45) is 1.95. The van der Waals surface area contributed by atoms with Crippen molar-refractivity contribution in [3.8, 4) is 5.69 Å². The molecule has 1 unspecified atom stereocenters. The molecule has 1 aliphatic heterocycles. The van der Waals surface area contributed by atoms with E-state index in [1.54, 1.807) is 53.4 Å². The number of carbonyl (C=O) groups excluding carboxylic acids is 4. The second-order valence-corrected chi connectivity index (χ2v) is 12.8. The number of rotatable bonds is 12. The molecule has 5 amide bonds. The number of likely N-dealkylation sites (tertiary alicyclic amines) is 1. The minimum absolute atomic E-state index is 0.0376. The van der Waals surface area contributed by atoms with Crippen LogP contribution < -0.4 is 21.3 Å². The molecule has 3 aromatic carbocycles. The highest BCUT2D eigenvalue weighted by atomic mass is 35.5. The van der Waals surface area contributed by atoms with E-state index in [1.165, 1.54) is 29.2 Å². The van der Waals surface area contributed by atoms with Crippen LogP contribution in [0.5, 0.6) is 0 Å². The Balaban J connectivity index is 1.15. The van der Waals surface area contributed by atoms with Gasteiger partial charge in [-0.3, -0.25) is 14.4 Å². The number of ether oxygens (including phenoxy) is 1. The van der Waals surface area contributed by atoms with E-state index in [0.717, 1.165) is 0 Å². The van der Waals surface area contributed by atoms with Gasteiger partial charge < -0.3 is 46.1 Å².